The summed E-state index contributed by atoms with van der Waals surface area (Å²) in [5.41, 5.74) is 1.61. The van der Waals surface area contributed by atoms with E-state index in [0.717, 1.165) is 11.3 Å². The number of benzene rings is 1. The second-order valence-corrected chi connectivity index (χ2v) is 4.18. The third kappa shape index (κ3) is 1.63. The molecule has 1 N–H and O–H groups in total. The normalized spacial score (nSPS) is 15.1. The first-order valence-corrected chi connectivity index (χ1v) is 5.42. The zero-order valence-corrected chi connectivity index (χ0v) is 8.21. The molecular weight excluding hydrogens is 202 g/mol. The van der Waals surface area contributed by atoms with Crippen LogP contribution in [0.2, 0.25) is 0 Å². The number of carbonyl (C=O) groups is 1. The van der Waals surface area contributed by atoms with Crippen LogP contribution in [0.4, 0.5) is 5.69 Å². The van der Waals surface area contributed by atoms with Crippen LogP contribution in [-0.4, -0.2) is 14.3 Å². The number of rotatable bonds is 1. The molecule has 0 aliphatic carbocycles. The molecule has 0 radical (unpaired) electrons. The van der Waals surface area contributed by atoms with Crippen LogP contribution in [0.3, 0.4) is 0 Å². The minimum absolute atomic E-state index is 0.0169. The summed E-state index contributed by atoms with van der Waals surface area (Å²) in [6, 6.07) is 4.74. The Kier molecular flexibility index (Phi) is 2.25. The number of aryl methyl sites for hydroxylation is 1. The monoisotopic (exact) mass is 211 g/mol. The maximum atomic E-state index is 11.0. The number of thiol groups is 1. The van der Waals surface area contributed by atoms with E-state index in [2.05, 4.69) is 5.32 Å². The van der Waals surface area contributed by atoms with E-state index in [9.17, 15) is 13.2 Å². The molecule has 14 heavy (non-hydrogen) atoms. The highest BCUT2D eigenvalue weighted by Crippen LogP contribution is 2.23. The van der Waals surface area contributed by atoms with Crippen LogP contribution in [0.1, 0.15) is 12.0 Å². The van der Waals surface area contributed by atoms with E-state index in [1.54, 1.807) is 12.1 Å². The Hall–Kier alpha value is -1.36. The summed E-state index contributed by atoms with van der Waals surface area (Å²) in [4.78, 5) is 11.3. The van der Waals surface area contributed by atoms with Gasteiger partial charge in [-0.1, -0.05) is 0 Å². The molecule has 1 aliphatic heterocycles. The van der Waals surface area contributed by atoms with Crippen LogP contribution in [0, 0.1) is 0 Å². The number of anilines is 1. The van der Waals surface area contributed by atoms with Crippen molar-refractivity contribution in [3.8, 4) is 0 Å². The van der Waals surface area contributed by atoms with Gasteiger partial charge in [-0.3, -0.25) is 4.79 Å². The van der Waals surface area contributed by atoms with Gasteiger partial charge in [0.05, 0.1) is 4.90 Å². The number of amides is 1. The Morgan fingerprint density at radius 2 is 2.00 bits per heavy atom. The van der Waals surface area contributed by atoms with Crippen molar-refractivity contribution >= 4 is 22.3 Å². The summed E-state index contributed by atoms with van der Waals surface area (Å²) in [7, 11) is -2.53. The summed E-state index contributed by atoms with van der Waals surface area (Å²) in [5.74, 6) is -0.0169. The molecule has 4 nitrogen and oxygen atoms in total. The van der Waals surface area contributed by atoms with Gasteiger partial charge in [-0.25, -0.2) is 8.42 Å². The third-order valence-electron chi connectivity index (χ3n) is 2.20. The Labute approximate surface area is 82.9 Å². The standard InChI is InChI=1S/C9H9NO3S/c11-9-4-1-6-5-7(14(12)13)2-3-8(6)10-9/h2-3,5,14H,1,4H2,(H,10,11). The number of nitrogens with one attached hydrogen (secondary N) is 1. The van der Waals surface area contributed by atoms with Crippen LogP contribution < -0.4 is 5.32 Å². The number of hydrogen-bond donors (Lipinski definition) is 2. The summed E-state index contributed by atoms with van der Waals surface area (Å²) in [5, 5.41) is 2.69. The van der Waals surface area contributed by atoms with Crippen molar-refractivity contribution in [1.29, 1.82) is 0 Å². The molecule has 1 amide bonds. The quantitative estimate of drug-likeness (QED) is 0.666. The van der Waals surface area contributed by atoms with E-state index < -0.39 is 10.7 Å². The lowest BCUT2D eigenvalue weighted by atomic mass is 10.0. The fraction of sp³-hybridized carbons (Fsp3) is 0.222. The third-order valence-corrected chi connectivity index (χ3v) is 2.89. The van der Waals surface area contributed by atoms with E-state index >= 15 is 0 Å². The van der Waals surface area contributed by atoms with Crippen LogP contribution >= 0.6 is 0 Å². The first-order valence-electron chi connectivity index (χ1n) is 4.24. The zero-order chi connectivity index (χ0) is 10.1. The van der Waals surface area contributed by atoms with Crippen molar-refractivity contribution in [2.24, 2.45) is 0 Å². The highest BCUT2D eigenvalue weighted by molar-refractivity contribution is 7.72. The predicted molar refractivity (Wildman–Crippen MR) is 52.0 cm³/mol. The summed E-state index contributed by atoms with van der Waals surface area (Å²) in [6.45, 7) is 0. The molecule has 1 heterocycles. The topological polar surface area (TPSA) is 63.2 Å². The van der Waals surface area contributed by atoms with E-state index in [0.29, 0.717) is 17.7 Å². The second kappa shape index (κ2) is 3.42. The molecule has 1 aromatic carbocycles. The van der Waals surface area contributed by atoms with Gasteiger partial charge in [-0.2, -0.15) is 0 Å². The minimum Gasteiger partial charge on any atom is -0.326 e. The number of carbonyl (C=O) groups excluding carboxylic acids is 1. The van der Waals surface area contributed by atoms with Crippen molar-refractivity contribution in [2.75, 3.05) is 5.32 Å². The van der Waals surface area contributed by atoms with Gasteiger partial charge in [0.25, 0.3) is 0 Å². The fourth-order valence-electron chi connectivity index (χ4n) is 1.48. The largest absolute Gasteiger partial charge is 0.326 e. The SMILES string of the molecule is O=C1CCc2cc([SH](=O)=O)ccc2N1. The van der Waals surface area contributed by atoms with Crippen molar-refractivity contribution in [2.45, 2.75) is 17.7 Å². The highest BCUT2D eigenvalue weighted by Gasteiger charge is 2.14. The Bertz CT molecular complexity index is 457. The van der Waals surface area contributed by atoms with Gasteiger partial charge >= 0.3 is 0 Å². The average molecular weight is 211 g/mol. The molecule has 0 atom stereocenters. The molecule has 5 heteroatoms. The molecular formula is C9H9NO3S. The van der Waals surface area contributed by atoms with Crippen LogP contribution in [0.5, 0.6) is 0 Å². The summed E-state index contributed by atoms with van der Waals surface area (Å²) in [6.07, 6.45) is 1.03. The van der Waals surface area contributed by atoms with Crippen molar-refractivity contribution < 1.29 is 13.2 Å². The maximum Gasteiger partial charge on any atom is 0.224 e. The predicted octanol–water partition coefficient (Wildman–Crippen LogP) is 0.542. The Morgan fingerprint density at radius 3 is 2.71 bits per heavy atom. The van der Waals surface area contributed by atoms with Gasteiger partial charge in [0.15, 0.2) is 10.7 Å². The average Bonchev–Trinajstić information content (AvgIpc) is 2.16. The van der Waals surface area contributed by atoms with Crippen LogP contribution in [0.25, 0.3) is 0 Å². The van der Waals surface area contributed by atoms with Crippen molar-refractivity contribution in [3.05, 3.63) is 23.8 Å². The molecule has 0 saturated heterocycles. The molecule has 1 aliphatic rings. The van der Waals surface area contributed by atoms with Gasteiger partial charge in [0.2, 0.25) is 5.91 Å². The summed E-state index contributed by atoms with van der Waals surface area (Å²) >= 11 is 0. The van der Waals surface area contributed by atoms with Gasteiger partial charge < -0.3 is 5.32 Å². The molecule has 0 bridgehead atoms. The lowest BCUT2D eigenvalue weighted by molar-refractivity contribution is -0.116. The molecule has 0 fully saturated rings. The van der Waals surface area contributed by atoms with Crippen molar-refractivity contribution in [1.82, 2.24) is 0 Å². The zero-order valence-electron chi connectivity index (χ0n) is 7.32. The molecule has 0 spiro atoms. The smallest absolute Gasteiger partial charge is 0.224 e. The minimum atomic E-state index is -2.53. The Morgan fingerprint density at radius 1 is 1.21 bits per heavy atom. The molecule has 2 rings (SSSR count). The van der Waals surface area contributed by atoms with E-state index in [1.807, 2.05) is 0 Å². The molecule has 0 saturated carbocycles. The first-order chi connectivity index (χ1) is 6.66. The lowest BCUT2D eigenvalue weighted by Crippen LogP contribution is -2.18. The number of fused-ring (bicyclic) bond motifs is 1. The summed E-state index contributed by atoms with van der Waals surface area (Å²) < 4.78 is 21.4. The molecule has 0 aromatic heterocycles. The van der Waals surface area contributed by atoms with E-state index in [1.165, 1.54) is 6.07 Å². The molecule has 0 unspecified atom stereocenters. The van der Waals surface area contributed by atoms with Gasteiger partial charge in [0.1, 0.15) is 0 Å². The molecule has 74 valence electrons. The van der Waals surface area contributed by atoms with Crippen LogP contribution in [0.15, 0.2) is 23.1 Å². The van der Waals surface area contributed by atoms with Gasteiger partial charge in [-0.05, 0) is 30.2 Å². The second-order valence-electron chi connectivity index (χ2n) is 3.15. The van der Waals surface area contributed by atoms with E-state index in [-0.39, 0.29) is 5.91 Å². The van der Waals surface area contributed by atoms with E-state index in [4.69, 9.17) is 0 Å². The highest BCUT2D eigenvalue weighted by atomic mass is 32.2. The first kappa shape index (κ1) is 9.21. The van der Waals surface area contributed by atoms with Gasteiger partial charge in [-0.15, -0.1) is 0 Å². The van der Waals surface area contributed by atoms with Gasteiger partial charge in [0, 0.05) is 12.1 Å². The maximum absolute atomic E-state index is 11.0. The molecule has 1 aromatic rings. The fourth-order valence-corrected chi connectivity index (χ4v) is 1.94. The van der Waals surface area contributed by atoms with Crippen LogP contribution in [-0.2, 0) is 21.9 Å². The lowest BCUT2D eigenvalue weighted by Gasteiger charge is -2.16. The Balaban J connectivity index is 2.45. The van der Waals surface area contributed by atoms with Crippen molar-refractivity contribution in [3.63, 3.8) is 0 Å². The number of hydrogen-bond acceptors (Lipinski definition) is 3.